The highest BCUT2D eigenvalue weighted by Crippen LogP contribution is 2.41. The lowest BCUT2D eigenvalue weighted by atomic mass is 9.83. The van der Waals surface area contributed by atoms with Gasteiger partial charge in [0.2, 0.25) is 0 Å². The Hall–Kier alpha value is -5.02. The first kappa shape index (κ1) is 25.9. The van der Waals surface area contributed by atoms with E-state index < -0.39 is 4.92 Å². The van der Waals surface area contributed by atoms with Gasteiger partial charge in [0.05, 0.1) is 28.3 Å². The molecule has 0 amide bonds. The first-order valence-corrected chi connectivity index (χ1v) is 14.4. The first-order chi connectivity index (χ1) is 20.4. The Balaban J connectivity index is 1.36. The molecule has 3 heterocycles. The molecule has 0 saturated heterocycles. The second-order valence-corrected chi connectivity index (χ2v) is 11.4. The molecule has 0 fully saturated rings. The normalized spacial score (nSPS) is 16.0. The molecule has 1 aliphatic carbocycles. The van der Waals surface area contributed by atoms with Crippen molar-refractivity contribution in [3.8, 4) is 17.1 Å². The minimum absolute atomic E-state index is 0.0304. The summed E-state index contributed by atoms with van der Waals surface area (Å²) in [5, 5.41) is 11.4. The Morgan fingerprint density at radius 1 is 1.07 bits per heavy atom. The van der Waals surface area contributed by atoms with E-state index in [1.165, 1.54) is 23.0 Å². The molecule has 2 aliphatic rings. The Morgan fingerprint density at radius 2 is 1.88 bits per heavy atom. The molecule has 1 atom stereocenters. The number of hydrogen-bond acceptors (Lipinski definition) is 7. The molecule has 0 radical (unpaired) electrons. The van der Waals surface area contributed by atoms with Gasteiger partial charge < -0.3 is 9.15 Å². The van der Waals surface area contributed by atoms with Crippen LogP contribution in [0.5, 0.6) is 5.75 Å². The Labute approximate surface area is 244 Å². The third-order valence-corrected chi connectivity index (χ3v) is 8.88. The number of hydrogen-bond donors (Lipinski definition) is 0. The Morgan fingerprint density at radius 3 is 2.67 bits per heavy atom. The number of methoxy groups -OCH3 is 1. The van der Waals surface area contributed by atoms with Gasteiger partial charge in [0.15, 0.2) is 4.80 Å². The van der Waals surface area contributed by atoms with E-state index in [0.29, 0.717) is 32.0 Å². The van der Waals surface area contributed by atoms with Gasteiger partial charge in [0, 0.05) is 28.8 Å². The average molecular weight is 576 g/mol. The zero-order valence-electron chi connectivity index (χ0n) is 22.9. The van der Waals surface area contributed by atoms with Crippen LogP contribution in [0, 0.1) is 17.0 Å². The number of rotatable bonds is 5. The summed E-state index contributed by atoms with van der Waals surface area (Å²) in [4.78, 5) is 30.7. The number of aromatic nitrogens is 1. The van der Waals surface area contributed by atoms with Gasteiger partial charge in [-0.1, -0.05) is 59.9 Å². The molecule has 1 aliphatic heterocycles. The van der Waals surface area contributed by atoms with Crippen LogP contribution >= 0.6 is 11.3 Å². The van der Waals surface area contributed by atoms with E-state index in [9.17, 15) is 14.9 Å². The molecule has 3 aromatic carbocycles. The molecular formula is C33H25N3O5S. The number of thiazole rings is 1. The van der Waals surface area contributed by atoms with Crippen LogP contribution in [0.25, 0.3) is 23.1 Å². The van der Waals surface area contributed by atoms with Crippen molar-refractivity contribution in [3.05, 3.63) is 142 Å². The van der Waals surface area contributed by atoms with Crippen molar-refractivity contribution in [3.63, 3.8) is 0 Å². The van der Waals surface area contributed by atoms with Gasteiger partial charge in [-0.25, -0.2) is 4.99 Å². The lowest BCUT2D eigenvalue weighted by molar-refractivity contribution is -0.385. The molecule has 0 N–H and O–H groups in total. The highest BCUT2D eigenvalue weighted by atomic mass is 32.1. The molecule has 7 rings (SSSR count). The third-order valence-electron chi connectivity index (χ3n) is 7.89. The average Bonchev–Trinajstić information content (AvgIpc) is 3.60. The van der Waals surface area contributed by atoms with E-state index in [4.69, 9.17) is 14.1 Å². The van der Waals surface area contributed by atoms with Gasteiger partial charge in [0.25, 0.3) is 11.2 Å². The van der Waals surface area contributed by atoms with Crippen LogP contribution in [0.3, 0.4) is 0 Å². The molecule has 208 valence electrons. The van der Waals surface area contributed by atoms with Crippen LogP contribution in [0.1, 0.15) is 40.5 Å². The molecule has 5 aromatic rings. The maximum absolute atomic E-state index is 14.0. The van der Waals surface area contributed by atoms with E-state index in [1.54, 1.807) is 48.9 Å². The van der Waals surface area contributed by atoms with Crippen molar-refractivity contribution in [1.29, 1.82) is 0 Å². The van der Waals surface area contributed by atoms with E-state index in [1.807, 2.05) is 30.3 Å². The fourth-order valence-electron chi connectivity index (χ4n) is 5.78. The monoisotopic (exact) mass is 575 g/mol. The highest BCUT2D eigenvalue weighted by Gasteiger charge is 2.32. The Kier molecular flexibility index (Phi) is 6.24. The number of fused-ring (bicyclic) bond motifs is 3. The van der Waals surface area contributed by atoms with Crippen LogP contribution in [-0.2, 0) is 6.42 Å². The van der Waals surface area contributed by atoms with Gasteiger partial charge in [-0.3, -0.25) is 19.5 Å². The van der Waals surface area contributed by atoms with Crippen molar-refractivity contribution < 1.29 is 14.1 Å². The lowest BCUT2D eigenvalue weighted by Gasteiger charge is -2.30. The maximum atomic E-state index is 14.0. The fraction of sp³-hybridized carbons (Fsp3) is 0.152. The predicted octanol–water partition coefficient (Wildman–Crippen LogP) is 5.80. The summed E-state index contributed by atoms with van der Waals surface area (Å²) in [6.07, 6.45) is 3.41. The zero-order chi connectivity index (χ0) is 29.0. The van der Waals surface area contributed by atoms with Crippen LogP contribution < -0.4 is 19.6 Å². The molecule has 0 spiro atoms. The molecular weight excluding hydrogens is 550 g/mol. The predicted molar refractivity (Wildman–Crippen MR) is 161 cm³/mol. The number of allylic oxidation sites excluding steroid dienone is 1. The smallest absolute Gasteiger partial charge is 0.273 e. The minimum Gasteiger partial charge on any atom is -0.497 e. The Bertz CT molecular complexity index is 2100. The second kappa shape index (κ2) is 10.1. The maximum Gasteiger partial charge on any atom is 0.273 e. The van der Waals surface area contributed by atoms with Gasteiger partial charge in [-0.2, -0.15) is 0 Å². The van der Waals surface area contributed by atoms with Crippen LogP contribution in [-0.4, -0.2) is 16.6 Å². The second-order valence-electron chi connectivity index (χ2n) is 10.3. The van der Waals surface area contributed by atoms with Crippen molar-refractivity contribution in [2.75, 3.05) is 7.11 Å². The van der Waals surface area contributed by atoms with Crippen LogP contribution in [0.2, 0.25) is 0 Å². The van der Waals surface area contributed by atoms with Crippen molar-refractivity contribution in [2.45, 2.75) is 25.8 Å². The number of ether oxygens (including phenoxy) is 1. The van der Waals surface area contributed by atoms with Crippen molar-refractivity contribution in [2.24, 2.45) is 4.99 Å². The summed E-state index contributed by atoms with van der Waals surface area (Å²) >= 11 is 1.33. The highest BCUT2D eigenvalue weighted by molar-refractivity contribution is 7.07. The summed E-state index contributed by atoms with van der Waals surface area (Å²) in [7, 11) is 1.64. The SMILES string of the molecule is COc1ccc([C@@H]2C3=C(N=c4s/c(=C/c5ccc(-c6ccc(C)c([N+](=O)[O-])c6)o5)c(=O)n42)c2ccccc2CC3)cc1. The molecule has 8 nitrogen and oxygen atoms in total. The quantitative estimate of drug-likeness (QED) is 0.195. The first-order valence-electron chi connectivity index (χ1n) is 13.5. The summed E-state index contributed by atoms with van der Waals surface area (Å²) in [5.41, 5.74) is 6.48. The summed E-state index contributed by atoms with van der Waals surface area (Å²) in [6.45, 7) is 1.70. The van der Waals surface area contributed by atoms with E-state index >= 15 is 0 Å². The molecule has 9 heteroatoms. The summed E-state index contributed by atoms with van der Waals surface area (Å²) in [5.74, 6) is 1.72. The lowest BCUT2D eigenvalue weighted by Crippen LogP contribution is -2.38. The van der Waals surface area contributed by atoms with Gasteiger partial charge >= 0.3 is 0 Å². The number of nitro groups is 1. The molecule has 0 unspecified atom stereocenters. The van der Waals surface area contributed by atoms with Gasteiger partial charge in [-0.05, 0) is 60.7 Å². The number of nitro benzene ring substituents is 1. The molecule has 42 heavy (non-hydrogen) atoms. The van der Waals surface area contributed by atoms with E-state index in [-0.39, 0.29) is 17.3 Å². The molecule has 0 bridgehead atoms. The van der Waals surface area contributed by atoms with Crippen molar-refractivity contribution in [1.82, 2.24) is 4.57 Å². The number of furan rings is 1. The van der Waals surface area contributed by atoms with Crippen molar-refractivity contribution >= 4 is 28.8 Å². The minimum atomic E-state index is -0.402. The van der Waals surface area contributed by atoms with Gasteiger partial charge in [0.1, 0.15) is 17.3 Å². The zero-order valence-corrected chi connectivity index (χ0v) is 23.7. The van der Waals surface area contributed by atoms with Gasteiger partial charge in [-0.15, -0.1) is 0 Å². The summed E-state index contributed by atoms with van der Waals surface area (Å²) in [6, 6.07) is 24.4. The van der Waals surface area contributed by atoms with E-state index in [2.05, 4.69) is 18.2 Å². The third kappa shape index (κ3) is 4.29. The van der Waals surface area contributed by atoms with Crippen LogP contribution in [0.15, 0.2) is 98.6 Å². The number of aryl methyl sites for hydroxylation is 2. The topological polar surface area (TPSA) is 99.9 Å². The van der Waals surface area contributed by atoms with Crippen LogP contribution in [0.4, 0.5) is 5.69 Å². The number of benzene rings is 3. The summed E-state index contributed by atoms with van der Waals surface area (Å²) < 4.78 is 13.7. The standard InChI is InChI=1S/C33H25N3O5S/c1-19-7-8-22(17-27(19)36(38)39)28-16-14-24(41-28)18-29-32(37)35-31(21-9-12-23(40-2)13-10-21)26-15-11-20-5-3-4-6-25(20)30(26)34-33(35)42-29/h3-10,12-14,16-18,31H,11,15H2,1-2H3/b29-18+/t31-/m1/s1. The van der Waals surface area contributed by atoms with E-state index in [0.717, 1.165) is 41.0 Å². The number of nitrogens with zero attached hydrogens (tertiary/aromatic N) is 3. The largest absolute Gasteiger partial charge is 0.497 e. The molecule has 2 aromatic heterocycles. The fourth-order valence-corrected chi connectivity index (χ4v) is 6.76. The molecule has 0 saturated carbocycles.